The van der Waals surface area contributed by atoms with Crippen molar-refractivity contribution in [2.24, 2.45) is 5.73 Å². The minimum absolute atomic E-state index is 0.125. The molecule has 0 aliphatic carbocycles. The van der Waals surface area contributed by atoms with Gasteiger partial charge in [0, 0.05) is 36.5 Å². The summed E-state index contributed by atoms with van der Waals surface area (Å²) in [4.78, 5) is 0. The molecule has 4 heteroatoms. The smallest absolute Gasteiger partial charge is 0.0487 e. The Morgan fingerprint density at radius 2 is 1.92 bits per heavy atom. The Morgan fingerprint density at radius 3 is 2.62 bits per heavy atom. The zero-order valence-corrected chi connectivity index (χ0v) is 10.2. The van der Waals surface area contributed by atoms with E-state index in [1.807, 2.05) is 0 Å². The summed E-state index contributed by atoms with van der Waals surface area (Å²) in [6, 6.07) is 2.67. The number of ether oxygens (including phenoxy) is 2. The average molecular weight is 205 g/mol. The first-order valence-electron chi connectivity index (χ1n) is 5.18. The third kappa shape index (κ3) is 12.1. The fourth-order valence-electron chi connectivity index (χ4n) is 1.11. The lowest BCUT2D eigenvalue weighted by molar-refractivity contribution is 0.111. The lowest BCUT2D eigenvalue weighted by Gasteiger charge is -2.02. The van der Waals surface area contributed by atoms with Crippen molar-refractivity contribution >= 4 is 9.52 Å². The highest BCUT2D eigenvalue weighted by Crippen LogP contribution is 1.92. The average Bonchev–Trinajstić information content (AvgIpc) is 2.16. The summed E-state index contributed by atoms with van der Waals surface area (Å²) < 4.78 is 10.4. The van der Waals surface area contributed by atoms with Gasteiger partial charge in [0.05, 0.1) is 0 Å². The molecule has 0 radical (unpaired) electrons. The highest BCUT2D eigenvalue weighted by molar-refractivity contribution is 6.35. The molecule has 0 bridgehead atoms. The zero-order valence-electron chi connectivity index (χ0n) is 8.76. The van der Waals surface area contributed by atoms with Crippen LogP contribution in [-0.2, 0) is 9.47 Å². The topological polar surface area (TPSA) is 44.5 Å². The van der Waals surface area contributed by atoms with E-state index >= 15 is 0 Å². The number of methoxy groups -OCH3 is 1. The largest absolute Gasteiger partial charge is 0.385 e. The van der Waals surface area contributed by atoms with E-state index in [2.05, 4.69) is 0 Å². The van der Waals surface area contributed by atoms with Crippen LogP contribution in [0.25, 0.3) is 0 Å². The summed E-state index contributed by atoms with van der Waals surface area (Å²) in [7, 11) is 1.85. The van der Waals surface area contributed by atoms with Crippen LogP contribution >= 0.6 is 0 Å². The van der Waals surface area contributed by atoms with E-state index < -0.39 is 0 Å². The SMILES string of the molecule is COCCCOCC[SiH2]CCCN. The molecule has 80 valence electrons. The van der Waals surface area contributed by atoms with Gasteiger partial charge in [0.25, 0.3) is 0 Å². The molecule has 0 aliphatic heterocycles. The van der Waals surface area contributed by atoms with Crippen molar-refractivity contribution in [3.63, 3.8) is 0 Å². The Morgan fingerprint density at radius 1 is 1.08 bits per heavy atom. The Labute approximate surface area is 83.8 Å². The van der Waals surface area contributed by atoms with Crippen molar-refractivity contribution in [2.45, 2.75) is 24.9 Å². The molecule has 0 aromatic carbocycles. The quantitative estimate of drug-likeness (QED) is 0.414. The molecular formula is C9H23NO2Si. The van der Waals surface area contributed by atoms with E-state index in [1.54, 1.807) is 7.11 Å². The van der Waals surface area contributed by atoms with E-state index in [9.17, 15) is 0 Å². The fourth-order valence-corrected chi connectivity index (χ4v) is 2.51. The van der Waals surface area contributed by atoms with Gasteiger partial charge in [-0.15, -0.1) is 0 Å². The fraction of sp³-hybridized carbons (Fsp3) is 1.00. The minimum atomic E-state index is 0.125. The summed E-state index contributed by atoms with van der Waals surface area (Å²) in [5.41, 5.74) is 5.40. The van der Waals surface area contributed by atoms with E-state index in [-0.39, 0.29) is 9.52 Å². The van der Waals surface area contributed by atoms with Gasteiger partial charge in [0.15, 0.2) is 0 Å². The predicted octanol–water partition coefficient (Wildman–Crippen LogP) is 0.394. The van der Waals surface area contributed by atoms with Crippen molar-refractivity contribution in [2.75, 3.05) is 33.5 Å². The minimum Gasteiger partial charge on any atom is -0.385 e. The Bertz CT molecular complexity index is 83.7. The summed E-state index contributed by atoms with van der Waals surface area (Å²) in [6.07, 6.45) is 2.22. The maximum atomic E-state index is 5.44. The zero-order chi connectivity index (χ0) is 9.78. The molecule has 0 rings (SSSR count). The van der Waals surface area contributed by atoms with Gasteiger partial charge >= 0.3 is 0 Å². The monoisotopic (exact) mass is 205 g/mol. The maximum absolute atomic E-state index is 5.44. The number of rotatable bonds is 10. The summed E-state index contributed by atoms with van der Waals surface area (Å²) in [5, 5.41) is 0. The van der Waals surface area contributed by atoms with Gasteiger partial charge in [-0.25, -0.2) is 0 Å². The molecular weight excluding hydrogens is 182 g/mol. The van der Waals surface area contributed by atoms with E-state index in [4.69, 9.17) is 15.2 Å². The van der Waals surface area contributed by atoms with Crippen molar-refractivity contribution in [1.29, 1.82) is 0 Å². The van der Waals surface area contributed by atoms with Crippen molar-refractivity contribution < 1.29 is 9.47 Å². The summed E-state index contributed by atoms with van der Waals surface area (Å²) in [6.45, 7) is 3.45. The van der Waals surface area contributed by atoms with Crippen LogP contribution in [0, 0.1) is 0 Å². The molecule has 0 atom stereocenters. The molecule has 0 unspecified atom stereocenters. The van der Waals surface area contributed by atoms with E-state index in [1.165, 1.54) is 18.5 Å². The normalized spacial score (nSPS) is 11.5. The third-order valence-electron chi connectivity index (χ3n) is 1.88. The van der Waals surface area contributed by atoms with Gasteiger partial charge in [-0.3, -0.25) is 0 Å². The lowest BCUT2D eigenvalue weighted by Crippen LogP contribution is -2.04. The van der Waals surface area contributed by atoms with Gasteiger partial charge in [0.2, 0.25) is 0 Å². The van der Waals surface area contributed by atoms with E-state index in [0.717, 1.165) is 32.8 Å². The van der Waals surface area contributed by atoms with Crippen LogP contribution < -0.4 is 5.73 Å². The third-order valence-corrected chi connectivity index (χ3v) is 3.67. The Balaban J connectivity index is 2.76. The second-order valence-corrected chi connectivity index (χ2v) is 5.28. The second kappa shape index (κ2) is 12.1. The summed E-state index contributed by atoms with van der Waals surface area (Å²) in [5.74, 6) is 0. The first-order valence-corrected chi connectivity index (χ1v) is 7.18. The molecule has 0 saturated carbocycles. The molecule has 0 heterocycles. The van der Waals surface area contributed by atoms with Crippen LogP contribution in [0.2, 0.25) is 12.1 Å². The van der Waals surface area contributed by atoms with E-state index in [0.29, 0.717) is 0 Å². The molecule has 0 amide bonds. The van der Waals surface area contributed by atoms with Crippen LogP contribution in [0.3, 0.4) is 0 Å². The van der Waals surface area contributed by atoms with Crippen LogP contribution in [-0.4, -0.2) is 43.0 Å². The molecule has 0 aromatic heterocycles. The van der Waals surface area contributed by atoms with Gasteiger partial charge in [-0.05, 0) is 25.4 Å². The maximum Gasteiger partial charge on any atom is 0.0487 e. The molecule has 0 aromatic rings. The predicted molar refractivity (Wildman–Crippen MR) is 59.1 cm³/mol. The Hall–Kier alpha value is 0.0969. The number of hydrogen-bond donors (Lipinski definition) is 1. The van der Waals surface area contributed by atoms with Gasteiger partial charge < -0.3 is 15.2 Å². The van der Waals surface area contributed by atoms with Crippen molar-refractivity contribution in [3.05, 3.63) is 0 Å². The van der Waals surface area contributed by atoms with Crippen molar-refractivity contribution in [1.82, 2.24) is 0 Å². The first-order chi connectivity index (χ1) is 6.41. The van der Waals surface area contributed by atoms with Crippen LogP contribution in [0.15, 0.2) is 0 Å². The number of nitrogens with two attached hydrogens (primary N) is 1. The molecule has 0 aliphatic rings. The van der Waals surface area contributed by atoms with Gasteiger partial charge in [-0.1, -0.05) is 6.04 Å². The summed E-state index contributed by atoms with van der Waals surface area (Å²) >= 11 is 0. The lowest BCUT2D eigenvalue weighted by atomic mass is 10.5. The van der Waals surface area contributed by atoms with Gasteiger partial charge in [0.1, 0.15) is 0 Å². The first kappa shape index (κ1) is 13.1. The van der Waals surface area contributed by atoms with Crippen LogP contribution in [0.5, 0.6) is 0 Å². The van der Waals surface area contributed by atoms with Crippen molar-refractivity contribution in [3.8, 4) is 0 Å². The highest BCUT2D eigenvalue weighted by Gasteiger charge is 1.91. The molecule has 0 fully saturated rings. The highest BCUT2D eigenvalue weighted by atomic mass is 28.2. The molecule has 13 heavy (non-hydrogen) atoms. The molecule has 2 N–H and O–H groups in total. The Kier molecular flexibility index (Phi) is 12.2. The standard InChI is InChI=1S/C9H23NO2Si/c1-11-5-3-6-12-7-9-13-8-2-4-10/h2-10,13H2,1H3. The molecule has 0 spiro atoms. The van der Waals surface area contributed by atoms with Gasteiger partial charge in [-0.2, -0.15) is 0 Å². The second-order valence-electron chi connectivity index (χ2n) is 3.16. The molecule has 0 saturated heterocycles. The van der Waals surface area contributed by atoms with Crippen LogP contribution in [0.4, 0.5) is 0 Å². The van der Waals surface area contributed by atoms with Crippen LogP contribution in [0.1, 0.15) is 12.8 Å². The molecule has 3 nitrogen and oxygen atoms in total. The number of hydrogen-bond acceptors (Lipinski definition) is 3.